The summed E-state index contributed by atoms with van der Waals surface area (Å²) in [6.45, 7) is 0.784. The molecule has 2 heterocycles. The Morgan fingerprint density at radius 3 is 2.93 bits per heavy atom. The van der Waals surface area contributed by atoms with Crippen molar-refractivity contribution in [3.05, 3.63) is 26.6 Å². The number of aromatic nitrogens is 2. The lowest BCUT2D eigenvalue weighted by molar-refractivity contribution is -0.118. The number of fused-ring (bicyclic) bond motifs is 3. The Bertz CT molecular complexity index is 868. The maximum absolute atomic E-state index is 12.4. The second kappa shape index (κ2) is 8.78. The third-order valence-electron chi connectivity index (χ3n) is 5.70. The van der Waals surface area contributed by atoms with Gasteiger partial charge in [0, 0.05) is 11.4 Å². The number of carbonyl (C=O) groups excluding carboxylic acids is 1. The van der Waals surface area contributed by atoms with Crippen LogP contribution >= 0.6 is 23.1 Å². The Kier molecular flexibility index (Phi) is 6.18. The smallest absolute Gasteiger partial charge is 0.259 e. The van der Waals surface area contributed by atoms with Crippen molar-refractivity contribution in [2.45, 2.75) is 63.5 Å². The summed E-state index contributed by atoms with van der Waals surface area (Å²) in [6.07, 6.45) is 11.0. The average Bonchev–Trinajstić information content (AvgIpc) is 3.23. The zero-order chi connectivity index (χ0) is 18.6. The largest absolute Gasteiger partial charge is 0.355 e. The number of H-pyrrole nitrogens is 1. The van der Waals surface area contributed by atoms with Gasteiger partial charge in [0.05, 0.1) is 16.9 Å². The molecule has 0 bridgehead atoms. The Hall–Kier alpha value is -1.34. The maximum Gasteiger partial charge on any atom is 0.259 e. The highest BCUT2D eigenvalue weighted by Gasteiger charge is 2.21. The first-order chi connectivity index (χ1) is 13.2. The Morgan fingerprint density at radius 1 is 1.22 bits per heavy atom. The Morgan fingerprint density at radius 2 is 2.07 bits per heavy atom. The molecule has 2 aliphatic rings. The minimum Gasteiger partial charge on any atom is -0.355 e. The van der Waals surface area contributed by atoms with Gasteiger partial charge < -0.3 is 10.3 Å². The first kappa shape index (κ1) is 19.0. The van der Waals surface area contributed by atoms with Crippen LogP contribution in [0.4, 0.5) is 0 Å². The molecule has 0 unspecified atom stereocenters. The molecule has 2 aromatic heterocycles. The minimum absolute atomic E-state index is 0.0214. The van der Waals surface area contributed by atoms with Crippen LogP contribution in [-0.2, 0) is 23.4 Å². The van der Waals surface area contributed by atoms with Crippen molar-refractivity contribution in [2.24, 2.45) is 5.92 Å². The van der Waals surface area contributed by atoms with E-state index >= 15 is 0 Å². The monoisotopic (exact) mass is 405 g/mol. The van der Waals surface area contributed by atoms with Crippen molar-refractivity contribution >= 4 is 39.2 Å². The van der Waals surface area contributed by atoms with Gasteiger partial charge in [0.25, 0.3) is 5.56 Å². The SMILES string of the molecule is O=C(CSCc1nc2sc3c(c2c(=O)[nH]1)CCC3)NCCC1CCCCC1. The fourth-order valence-corrected chi connectivity index (χ4v) is 6.30. The molecule has 1 amide bonds. The highest BCUT2D eigenvalue weighted by Crippen LogP contribution is 2.34. The summed E-state index contributed by atoms with van der Waals surface area (Å²) < 4.78 is 0. The summed E-state index contributed by atoms with van der Waals surface area (Å²) in [5.74, 6) is 2.51. The molecule has 0 spiro atoms. The predicted molar refractivity (Wildman–Crippen MR) is 113 cm³/mol. The van der Waals surface area contributed by atoms with Crippen LogP contribution < -0.4 is 10.9 Å². The molecular formula is C20H27N3O2S2. The number of rotatable bonds is 7. The zero-order valence-corrected chi connectivity index (χ0v) is 17.3. The van der Waals surface area contributed by atoms with Gasteiger partial charge in [-0.2, -0.15) is 0 Å². The number of nitrogens with zero attached hydrogens (tertiary/aromatic N) is 1. The number of carbonyl (C=O) groups is 1. The maximum atomic E-state index is 12.4. The number of thioether (sulfide) groups is 1. The Labute approximate surface area is 167 Å². The number of aryl methyl sites for hydroxylation is 2. The van der Waals surface area contributed by atoms with Crippen molar-refractivity contribution in [3.8, 4) is 0 Å². The Balaban J connectivity index is 1.24. The van der Waals surface area contributed by atoms with E-state index in [1.807, 2.05) is 0 Å². The van der Waals surface area contributed by atoms with Gasteiger partial charge in [0.15, 0.2) is 0 Å². The van der Waals surface area contributed by atoms with Crippen molar-refractivity contribution in [3.63, 3.8) is 0 Å². The van der Waals surface area contributed by atoms with Gasteiger partial charge in [0.1, 0.15) is 10.7 Å². The molecule has 4 rings (SSSR count). The van der Waals surface area contributed by atoms with Crippen LogP contribution in [0.5, 0.6) is 0 Å². The molecule has 2 aliphatic carbocycles. The van der Waals surface area contributed by atoms with Crippen LogP contribution in [0, 0.1) is 5.92 Å². The molecule has 0 saturated heterocycles. The van der Waals surface area contributed by atoms with Gasteiger partial charge in [-0.15, -0.1) is 23.1 Å². The molecule has 7 heteroatoms. The molecule has 2 aromatic rings. The number of aromatic amines is 1. The van der Waals surface area contributed by atoms with Crippen LogP contribution in [0.15, 0.2) is 4.79 Å². The van der Waals surface area contributed by atoms with Crippen molar-refractivity contribution < 1.29 is 4.79 Å². The van der Waals surface area contributed by atoms with E-state index in [4.69, 9.17) is 0 Å². The fraction of sp³-hybridized carbons (Fsp3) is 0.650. The second-order valence-corrected chi connectivity index (χ2v) is 9.75. The summed E-state index contributed by atoms with van der Waals surface area (Å²) in [5, 5.41) is 3.83. The van der Waals surface area contributed by atoms with Crippen LogP contribution in [-0.4, -0.2) is 28.2 Å². The molecule has 0 atom stereocenters. The van der Waals surface area contributed by atoms with Crippen LogP contribution in [0.1, 0.15) is 61.2 Å². The summed E-state index contributed by atoms with van der Waals surface area (Å²) in [6, 6.07) is 0. The average molecular weight is 406 g/mol. The lowest BCUT2D eigenvalue weighted by Crippen LogP contribution is -2.28. The van der Waals surface area contributed by atoms with E-state index in [9.17, 15) is 9.59 Å². The van der Waals surface area contributed by atoms with E-state index in [1.54, 1.807) is 11.3 Å². The third-order valence-corrected chi connectivity index (χ3v) is 7.83. The summed E-state index contributed by atoms with van der Waals surface area (Å²) in [4.78, 5) is 34.2. The van der Waals surface area contributed by atoms with E-state index in [0.29, 0.717) is 17.3 Å². The molecule has 27 heavy (non-hydrogen) atoms. The third kappa shape index (κ3) is 4.57. The van der Waals surface area contributed by atoms with Gasteiger partial charge in [-0.05, 0) is 37.2 Å². The van der Waals surface area contributed by atoms with Crippen molar-refractivity contribution in [1.29, 1.82) is 0 Å². The van der Waals surface area contributed by atoms with Gasteiger partial charge in [-0.25, -0.2) is 4.98 Å². The number of amides is 1. The molecule has 2 N–H and O–H groups in total. The molecule has 1 saturated carbocycles. The van der Waals surface area contributed by atoms with Gasteiger partial charge in [-0.1, -0.05) is 32.1 Å². The van der Waals surface area contributed by atoms with E-state index in [1.165, 1.54) is 54.3 Å². The predicted octanol–water partition coefficient (Wildman–Crippen LogP) is 3.79. The van der Waals surface area contributed by atoms with E-state index in [2.05, 4.69) is 15.3 Å². The molecule has 146 valence electrons. The fourth-order valence-electron chi connectivity index (χ4n) is 4.30. The normalized spacial score (nSPS) is 17.3. The van der Waals surface area contributed by atoms with Crippen LogP contribution in [0.2, 0.25) is 0 Å². The van der Waals surface area contributed by atoms with E-state index in [0.717, 1.165) is 48.4 Å². The first-order valence-corrected chi connectivity index (χ1v) is 12.1. The highest BCUT2D eigenvalue weighted by atomic mass is 32.2. The van der Waals surface area contributed by atoms with Crippen LogP contribution in [0.3, 0.4) is 0 Å². The molecule has 0 aliphatic heterocycles. The van der Waals surface area contributed by atoms with Crippen molar-refractivity contribution in [1.82, 2.24) is 15.3 Å². The van der Waals surface area contributed by atoms with E-state index < -0.39 is 0 Å². The summed E-state index contributed by atoms with van der Waals surface area (Å²) in [7, 11) is 0. The standard InChI is InChI=1S/C20H27N3O2S2/c24-17(21-10-9-13-5-2-1-3-6-13)12-26-11-16-22-19(25)18-14-7-4-8-15(14)27-20(18)23-16/h13H,1-12H2,(H,21,24)(H,22,23,25). The second-order valence-electron chi connectivity index (χ2n) is 7.69. The topological polar surface area (TPSA) is 74.8 Å². The van der Waals surface area contributed by atoms with Gasteiger partial charge in [-0.3, -0.25) is 9.59 Å². The van der Waals surface area contributed by atoms with E-state index in [-0.39, 0.29) is 11.5 Å². The molecule has 0 aromatic carbocycles. The van der Waals surface area contributed by atoms with Gasteiger partial charge in [0.2, 0.25) is 5.91 Å². The quantitative estimate of drug-likeness (QED) is 0.735. The summed E-state index contributed by atoms with van der Waals surface area (Å²) in [5.41, 5.74) is 1.19. The molecule has 1 fully saturated rings. The van der Waals surface area contributed by atoms with Crippen LogP contribution in [0.25, 0.3) is 10.2 Å². The van der Waals surface area contributed by atoms with Crippen molar-refractivity contribution in [2.75, 3.05) is 12.3 Å². The number of thiophene rings is 1. The highest BCUT2D eigenvalue weighted by molar-refractivity contribution is 7.99. The first-order valence-electron chi connectivity index (χ1n) is 10.1. The molecule has 5 nitrogen and oxygen atoms in total. The number of hydrogen-bond acceptors (Lipinski definition) is 5. The lowest BCUT2D eigenvalue weighted by Gasteiger charge is -2.21. The minimum atomic E-state index is -0.0214. The summed E-state index contributed by atoms with van der Waals surface area (Å²) >= 11 is 3.17. The molecule has 0 radical (unpaired) electrons. The van der Waals surface area contributed by atoms with Gasteiger partial charge >= 0.3 is 0 Å². The number of hydrogen-bond donors (Lipinski definition) is 2. The lowest BCUT2D eigenvalue weighted by atomic mass is 9.87. The zero-order valence-electron chi connectivity index (χ0n) is 15.6. The molecular weight excluding hydrogens is 378 g/mol. The number of nitrogens with one attached hydrogen (secondary N) is 2.